The maximum absolute atomic E-state index is 13.6. The number of hydrogen-bond acceptors (Lipinski definition) is 5. The van der Waals surface area contributed by atoms with Gasteiger partial charge in [0.15, 0.2) is 0 Å². The number of esters is 1. The van der Waals surface area contributed by atoms with Crippen molar-refractivity contribution in [2.24, 2.45) is 5.92 Å². The van der Waals surface area contributed by atoms with Crippen molar-refractivity contribution in [1.29, 1.82) is 0 Å². The highest BCUT2D eigenvalue weighted by atomic mass is 19.4. The molecule has 1 unspecified atom stereocenters. The minimum atomic E-state index is -4.95. The molecule has 3 fully saturated rings. The molecule has 2 aromatic rings. The van der Waals surface area contributed by atoms with E-state index in [4.69, 9.17) is 9.47 Å². The molecule has 12 heteroatoms. The van der Waals surface area contributed by atoms with Crippen molar-refractivity contribution in [3.8, 4) is 0 Å². The van der Waals surface area contributed by atoms with Crippen LogP contribution in [0.4, 0.5) is 26.3 Å². The number of carbonyl (C=O) groups excluding carboxylic acids is 2. The molecule has 0 bridgehead atoms. The van der Waals surface area contributed by atoms with Gasteiger partial charge in [-0.25, -0.2) is 0 Å². The van der Waals surface area contributed by atoms with Gasteiger partial charge in [0.05, 0.1) is 29.9 Å². The topological polar surface area (TPSA) is 59.1 Å². The first-order valence-electron chi connectivity index (χ1n) is 14.5. The Morgan fingerprint density at radius 2 is 1.53 bits per heavy atom. The van der Waals surface area contributed by atoms with Crippen molar-refractivity contribution in [3.63, 3.8) is 0 Å². The predicted molar refractivity (Wildman–Crippen MR) is 144 cm³/mol. The number of cyclic esters (lactones) is 1. The van der Waals surface area contributed by atoms with Crippen LogP contribution in [0.3, 0.4) is 0 Å². The van der Waals surface area contributed by atoms with E-state index in [1.165, 1.54) is 6.92 Å². The van der Waals surface area contributed by atoms with Gasteiger partial charge in [0.2, 0.25) is 5.91 Å². The summed E-state index contributed by atoms with van der Waals surface area (Å²) in [5.41, 5.74) is -2.12. The highest BCUT2D eigenvalue weighted by Gasteiger charge is 2.41. The number of ether oxygens (including phenoxy) is 2. The highest BCUT2D eigenvalue weighted by Crippen LogP contribution is 2.40. The molecule has 0 saturated carbocycles. The molecule has 6 nitrogen and oxygen atoms in total. The lowest BCUT2D eigenvalue weighted by Gasteiger charge is -2.42. The van der Waals surface area contributed by atoms with Crippen LogP contribution >= 0.6 is 0 Å². The molecule has 0 aliphatic carbocycles. The fourth-order valence-corrected chi connectivity index (χ4v) is 6.40. The maximum Gasteiger partial charge on any atom is 0.416 e. The van der Waals surface area contributed by atoms with E-state index in [0.717, 1.165) is 5.56 Å². The molecule has 5 rings (SSSR count). The summed E-state index contributed by atoms with van der Waals surface area (Å²) in [6.07, 6.45) is -9.26. The van der Waals surface area contributed by atoms with Gasteiger partial charge in [-0.15, -0.1) is 0 Å². The second kappa shape index (κ2) is 12.5. The molecule has 0 spiro atoms. The number of alkyl halides is 6. The molecule has 1 amide bonds. The maximum atomic E-state index is 13.6. The molecule has 0 N–H and O–H groups in total. The van der Waals surface area contributed by atoms with E-state index in [-0.39, 0.29) is 41.4 Å². The van der Waals surface area contributed by atoms with Crippen LogP contribution in [0.2, 0.25) is 0 Å². The number of benzene rings is 2. The van der Waals surface area contributed by atoms with Crippen molar-refractivity contribution in [2.45, 2.75) is 69.1 Å². The Morgan fingerprint density at radius 1 is 0.907 bits per heavy atom. The summed E-state index contributed by atoms with van der Waals surface area (Å²) in [5.74, 6) is -0.740. The van der Waals surface area contributed by atoms with Crippen molar-refractivity contribution in [2.75, 3.05) is 32.8 Å². The van der Waals surface area contributed by atoms with Crippen molar-refractivity contribution < 1.29 is 45.4 Å². The number of piperidine rings is 2. The fraction of sp³-hybridized carbons (Fsp3) is 0.548. The monoisotopic (exact) mass is 612 g/mol. The van der Waals surface area contributed by atoms with Gasteiger partial charge in [-0.3, -0.25) is 14.5 Å². The number of rotatable bonds is 6. The number of hydrogen-bond donors (Lipinski definition) is 0. The summed E-state index contributed by atoms with van der Waals surface area (Å²) in [7, 11) is 0. The van der Waals surface area contributed by atoms with E-state index in [9.17, 15) is 35.9 Å². The zero-order valence-electron chi connectivity index (χ0n) is 23.7. The lowest BCUT2D eigenvalue weighted by molar-refractivity contribution is -0.145. The Balaban J connectivity index is 1.30. The van der Waals surface area contributed by atoms with Gasteiger partial charge in [-0.05, 0) is 68.6 Å². The first-order valence-corrected chi connectivity index (χ1v) is 14.5. The first kappa shape index (κ1) is 31.3. The van der Waals surface area contributed by atoms with Crippen LogP contribution in [0.25, 0.3) is 0 Å². The SMILES string of the molecule is C[C@@H](O[C@H]1CCN(C(=O)C2CCN(C3CCOC3=O)CC2)C[C@H]1c1ccccc1)c1cc(C(F)(F)F)cc(C(F)(F)F)c1. The summed E-state index contributed by atoms with van der Waals surface area (Å²) < 4.78 is 92.1. The number of likely N-dealkylation sites (tertiary alicyclic amines) is 2. The van der Waals surface area contributed by atoms with Crippen molar-refractivity contribution in [3.05, 3.63) is 70.8 Å². The van der Waals surface area contributed by atoms with Crippen LogP contribution in [0.5, 0.6) is 0 Å². The van der Waals surface area contributed by atoms with Crippen molar-refractivity contribution >= 4 is 11.9 Å². The first-order chi connectivity index (χ1) is 20.3. The zero-order valence-corrected chi connectivity index (χ0v) is 23.7. The van der Waals surface area contributed by atoms with E-state index < -0.39 is 35.7 Å². The summed E-state index contributed by atoms with van der Waals surface area (Å²) in [4.78, 5) is 29.4. The average Bonchev–Trinajstić information content (AvgIpc) is 3.42. The number of carbonyl (C=O) groups is 2. The highest BCUT2D eigenvalue weighted by molar-refractivity contribution is 5.80. The van der Waals surface area contributed by atoms with Gasteiger partial charge in [0, 0.05) is 31.3 Å². The molecule has 0 radical (unpaired) electrons. The molecule has 43 heavy (non-hydrogen) atoms. The van der Waals surface area contributed by atoms with Crippen LogP contribution < -0.4 is 0 Å². The zero-order chi connectivity index (χ0) is 30.9. The van der Waals surface area contributed by atoms with Gasteiger partial charge >= 0.3 is 18.3 Å². The standard InChI is InChI=1S/C31H34F6N2O4/c1-19(22-15-23(30(32,33)34)17-24(16-22)31(35,36)37)43-27-9-13-39(18-25(27)20-5-3-2-4-6-20)28(40)21-7-11-38(12-8-21)26-10-14-42-29(26)41/h2-6,15-17,19,21,25-27H,7-14,18H2,1H3/t19-,25+,26?,27+/m1/s1. The number of nitrogens with zero attached hydrogens (tertiary/aromatic N) is 2. The average molecular weight is 613 g/mol. The quantitative estimate of drug-likeness (QED) is 0.287. The molecule has 3 saturated heterocycles. The predicted octanol–water partition coefficient (Wildman–Crippen LogP) is 6.21. The Morgan fingerprint density at radius 3 is 2.09 bits per heavy atom. The van der Waals surface area contributed by atoms with Crippen LogP contribution in [-0.4, -0.2) is 66.6 Å². The molecule has 3 heterocycles. The molecule has 4 atom stereocenters. The summed E-state index contributed by atoms with van der Waals surface area (Å²) in [5, 5.41) is 0. The van der Waals surface area contributed by atoms with E-state index in [1.807, 2.05) is 30.3 Å². The molecule has 234 valence electrons. The normalized spacial score (nSPS) is 25.0. The Hall–Kier alpha value is -3.12. The summed E-state index contributed by atoms with van der Waals surface area (Å²) >= 11 is 0. The third kappa shape index (κ3) is 7.17. The van der Waals surface area contributed by atoms with Crippen molar-refractivity contribution in [1.82, 2.24) is 9.80 Å². The second-order valence-corrected chi connectivity index (χ2v) is 11.5. The van der Waals surface area contributed by atoms with E-state index in [0.29, 0.717) is 70.6 Å². The van der Waals surface area contributed by atoms with Gasteiger partial charge in [0.1, 0.15) is 6.04 Å². The Labute approximate surface area is 245 Å². The molecular formula is C31H34F6N2O4. The van der Waals surface area contributed by atoms with Crippen LogP contribution in [0, 0.1) is 5.92 Å². The van der Waals surface area contributed by atoms with E-state index >= 15 is 0 Å². The Bertz CT molecular complexity index is 1260. The third-order valence-electron chi connectivity index (χ3n) is 8.77. The molecule has 0 aromatic heterocycles. The van der Waals surface area contributed by atoms with Crippen LogP contribution in [0.1, 0.15) is 66.9 Å². The van der Waals surface area contributed by atoms with Gasteiger partial charge in [-0.2, -0.15) is 26.3 Å². The largest absolute Gasteiger partial charge is 0.464 e. The van der Waals surface area contributed by atoms with E-state index in [1.54, 1.807) is 4.90 Å². The molecule has 2 aromatic carbocycles. The smallest absolute Gasteiger partial charge is 0.416 e. The molecule has 3 aliphatic rings. The summed E-state index contributed by atoms with van der Waals surface area (Å²) in [6, 6.07) is 10.5. The number of amides is 1. The van der Waals surface area contributed by atoms with Gasteiger partial charge in [0.25, 0.3) is 0 Å². The lowest BCUT2D eigenvalue weighted by atomic mass is 9.86. The minimum absolute atomic E-state index is 0.00813. The second-order valence-electron chi connectivity index (χ2n) is 11.5. The Kier molecular flexibility index (Phi) is 9.08. The number of halogens is 6. The fourth-order valence-electron chi connectivity index (χ4n) is 6.40. The molecular weight excluding hydrogens is 578 g/mol. The lowest BCUT2D eigenvalue weighted by Crippen LogP contribution is -2.51. The third-order valence-corrected chi connectivity index (χ3v) is 8.77. The van der Waals surface area contributed by atoms with Crippen LogP contribution in [0.15, 0.2) is 48.5 Å². The van der Waals surface area contributed by atoms with E-state index in [2.05, 4.69) is 4.90 Å². The van der Waals surface area contributed by atoms with Crippen LogP contribution in [-0.2, 0) is 31.4 Å². The minimum Gasteiger partial charge on any atom is -0.464 e. The molecule has 3 aliphatic heterocycles. The summed E-state index contributed by atoms with van der Waals surface area (Å²) in [6.45, 7) is 3.76. The van der Waals surface area contributed by atoms with Gasteiger partial charge < -0.3 is 14.4 Å². The van der Waals surface area contributed by atoms with Gasteiger partial charge in [-0.1, -0.05) is 30.3 Å².